The summed E-state index contributed by atoms with van der Waals surface area (Å²) in [6, 6.07) is 1.74. The van der Waals surface area contributed by atoms with Gasteiger partial charge in [-0.25, -0.2) is 0 Å². The molecule has 0 fully saturated rings. The van der Waals surface area contributed by atoms with Gasteiger partial charge in [-0.2, -0.15) is 0 Å². The summed E-state index contributed by atoms with van der Waals surface area (Å²) in [7, 11) is 0. The first kappa shape index (κ1) is 16.6. The van der Waals surface area contributed by atoms with E-state index in [0.717, 1.165) is 39.0 Å². The zero-order valence-electron chi connectivity index (χ0n) is 13.0. The van der Waals surface area contributed by atoms with Crippen molar-refractivity contribution in [3.05, 3.63) is 18.0 Å². The number of anilines is 1. The SMILES string of the molecule is CCCN(CC)CCNC(=O)c1cc(N)cn1CCC. The first-order valence-electron chi connectivity index (χ1n) is 7.58. The Hall–Kier alpha value is -1.49. The van der Waals surface area contributed by atoms with E-state index in [4.69, 9.17) is 5.73 Å². The van der Waals surface area contributed by atoms with Gasteiger partial charge in [-0.3, -0.25) is 4.79 Å². The van der Waals surface area contributed by atoms with E-state index in [2.05, 4.69) is 31.0 Å². The van der Waals surface area contributed by atoms with Crippen LogP contribution in [0.5, 0.6) is 0 Å². The molecule has 0 aliphatic carbocycles. The minimum atomic E-state index is -0.0392. The second kappa shape index (κ2) is 8.64. The molecule has 1 aromatic rings. The predicted octanol–water partition coefficient (Wildman–Crippen LogP) is 1.94. The molecule has 3 N–H and O–H groups in total. The highest BCUT2D eigenvalue weighted by molar-refractivity contribution is 5.93. The number of hydrogen-bond acceptors (Lipinski definition) is 3. The molecular weight excluding hydrogens is 252 g/mol. The van der Waals surface area contributed by atoms with E-state index in [0.29, 0.717) is 17.9 Å². The quantitative estimate of drug-likeness (QED) is 0.726. The van der Waals surface area contributed by atoms with E-state index in [1.54, 1.807) is 6.07 Å². The number of amides is 1. The standard InChI is InChI=1S/C15H28N4O/c1-4-8-18(6-3)10-7-17-15(20)14-11-13(16)12-19(14)9-5-2/h11-12H,4-10,16H2,1-3H3,(H,17,20). The topological polar surface area (TPSA) is 63.3 Å². The highest BCUT2D eigenvalue weighted by Crippen LogP contribution is 2.11. The third-order valence-corrected chi connectivity index (χ3v) is 3.32. The summed E-state index contributed by atoms with van der Waals surface area (Å²) in [5.41, 5.74) is 7.08. The molecule has 0 radical (unpaired) electrons. The molecular formula is C15H28N4O. The van der Waals surface area contributed by atoms with Gasteiger partial charge in [0.05, 0.1) is 5.69 Å². The van der Waals surface area contributed by atoms with Gasteiger partial charge in [0, 0.05) is 25.8 Å². The van der Waals surface area contributed by atoms with E-state index in [-0.39, 0.29) is 5.91 Å². The Morgan fingerprint density at radius 2 is 2.05 bits per heavy atom. The van der Waals surface area contributed by atoms with E-state index in [1.165, 1.54) is 0 Å². The van der Waals surface area contributed by atoms with Gasteiger partial charge in [0.25, 0.3) is 5.91 Å². The van der Waals surface area contributed by atoms with Crippen LogP contribution in [0, 0.1) is 0 Å². The molecule has 0 saturated carbocycles. The van der Waals surface area contributed by atoms with Crippen LogP contribution in [-0.4, -0.2) is 41.6 Å². The number of rotatable bonds is 9. The zero-order chi connectivity index (χ0) is 15.0. The van der Waals surface area contributed by atoms with Crippen molar-refractivity contribution in [2.24, 2.45) is 0 Å². The van der Waals surface area contributed by atoms with Crippen LogP contribution in [0.15, 0.2) is 12.3 Å². The molecule has 5 nitrogen and oxygen atoms in total. The molecule has 1 heterocycles. The Bertz CT molecular complexity index is 414. The van der Waals surface area contributed by atoms with Gasteiger partial charge in [0.2, 0.25) is 0 Å². The fourth-order valence-corrected chi connectivity index (χ4v) is 2.31. The van der Waals surface area contributed by atoms with Crippen LogP contribution in [0.1, 0.15) is 44.1 Å². The maximum Gasteiger partial charge on any atom is 0.268 e. The summed E-state index contributed by atoms with van der Waals surface area (Å²) >= 11 is 0. The van der Waals surface area contributed by atoms with Crippen molar-refractivity contribution in [2.75, 3.05) is 31.9 Å². The van der Waals surface area contributed by atoms with E-state index < -0.39 is 0 Å². The Morgan fingerprint density at radius 1 is 1.30 bits per heavy atom. The number of nitrogens with one attached hydrogen (secondary N) is 1. The average molecular weight is 280 g/mol. The Labute approximate surface area is 122 Å². The lowest BCUT2D eigenvalue weighted by atomic mass is 10.3. The normalized spacial score (nSPS) is 11.0. The smallest absolute Gasteiger partial charge is 0.268 e. The number of likely N-dealkylation sites (N-methyl/N-ethyl adjacent to an activating group) is 1. The molecule has 114 valence electrons. The summed E-state index contributed by atoms with van der Waals surface area (Å²) in [6.07, 6.45) is 3.94. The molecule has 20 heavy (non-hydrogen) atoms. The van der Waals surface area contributed by atoms with E-state index in [9.17, 15) is 4.79 Å². The van der Waals surface area contributed by atoms with Crippen LogP contribution in [0.2, 0.25) is 0 Å². The van der Waals surface area contributed by atoms with Crippen molar-refractivity contribution in [1.29, 1.82) is 0 Å². The average Bonchev–Trinajstić information content (AvgIpc) is 2.79. The van der Waals surface area contributed by atoms with Crippen molar-refractivity contribution in [3.8, 4) is 0 Å². The second-order valence-electron chi connectivity index (χ2n) is 5.04. The van der Waals surface area contributed by atoms with Crippen molar-refractivity contribution < 1.29 is 4.79 Å². The molecule has 0 aliphatic rings. The van der Waals surface area contributed by atoms with E-state index >= 15 is 0 Å². The van der Waals surface area contributed by atoms with E-state index in [1.807, 2.05) is 10.8 Å². The number of nitrogens with two attached hydrogens (primary N) is 1. The van der Waals surface area contributed by atoms with Gasteiger partial charge in [-0.05, 0) is 32.0 Å². The molecule has 0 saturated heterocycles. The number of nitrogen functional groups attached to an aromatic ring is 1. The second-order valence-corrected chi connectivity index (χ2v) is 5.04. The maximum atomic E-state index is 12.2. The molecule has 5 heteroatoms. The molecule has 0 aromatic carbocycles. The Kier molecular flexibility index (Phi) is 7.15. The minimum absolute atomic E-state index is 0.0392. The van der Waals surface area contributed by atoms with Crippen molar-refractivity contribution in [3.63, 3.8) is 0 Å². The Balaban J connectivity index is 2.50. The van der Waals surface area contributed by atoms with Gasteiger partial charge >= 0.3 is 0 Å². The fourth-order valence-electron chi connectivity index (χ4n) is 2.31. The molecule has 1 aromatic heterocycles. The summed E-state index contributed by atoms with van der Waals surface area (Å²) < 4.78 is 1.92. The number of carbonyl (C=O) groups is 1. The predicted molar refractivity (Wildman–Crippen MR) is 83.9 cm³/mol. The van der Waals surface area contributed by atoms with Crippen LogP contribution in [-0.2, 0) is 6.54 Å². The van der Waals surface area contributed by atoms with Crippen LogP contribution < -0.4 is 11.1 Å². The van der Waals surface area contributed by atoms with Crippen molar-refractivity contribution >= 4 is 11.6 Å². The molecule has 1 amide bonds. The largest absolute Gasteiger partial charge is 0.397 e. The van der Waals surface area contributed by atoms with Crippen molar-refractivity contribution in [1.82, 2.24) is 14.8 Å². The summed E-state index contributed by atoms with van der Waals surface area (Å²) in [6.45, 7) is 10.9. The van der Waals surface area contributed by atoms with Gasteiger partial charge in [-0.1, -0.05) is 20.8 Å². The summed E-state index contributed by atoms with van der Waals surface area (Å²) in [4.78, 5) is 14.5. The minimum Gasteiger partial charge on any atom is -0.397 e. The third-order valence-electron chi connectivity index (χ3n) is 3.32. The van der Waals surface area contributed by atoms with Gasteiger partial charge in [0.15, 0.2) is 0 Å². The molecule has 0 unspecified atom stereocenters. The van der Waals surface area contributed by atoms with Crippen molar-refractivity contribution in [2.45, 2.75) is 40.2 Å². The molecule has 0 bridgehead atoms. The van der Waals surface area contributed by atoms with Crippen LogP contribution in [0.25, 0.3) is 0 Å². The fraction of sp³-hybridized carbons (Fsp3) is 0.667. The van der Waals surface area contributed by atoms with Gasteiger partial charge in [-0.15, -0.1) is 0 Å². The highest BCUT2D eigenvalue weighted by Gasteiger charge is 2.12. The summed E-state index contributed by atoms with van der Waals surface area (Å²) in [5, 5.41) is 2.98. The first-order chi connectivity index (χ1) is 9.62. The third kappa shape index (κ3) is 4.89. The number of hydrogen-bond donors (Lipinski definition) is 2. The highest BCUT2D eigenvalue weighted by atomic mass is 16.1. The lowest BCUT2D eigenvalue weighted by Gasteiger charge is -2.19. The lowest BCUT2D eigenvalue weighted by Crippen LogP contribution is -2.36. The van der Waals surface area contributed by atoms with Crippen LogP contribution in [0.4, 0.5) is 5.69 Å². The first-order valence-corrected chi connectivity index (χ1v) is 7.58. The number of aromatic nitrogens is 1. The molecule has 1 rings (SSSR count). The van der Waals surface area contributed by atoms with Gasteiger partial charge in [0.1, 0.15) is 5.69 Å². The zero-order valence-corrected chi connectivity index (χ0v) is 13.0. The van der Waals surface area contributed by atoms with Crippen LogP contribution >= 0.6 is 0 Å². The van der Waals surface area contributed by atoms with Crippen LogP contribution in [0.3, 0.4) is 0 Å². The monoisotopic (exact) mass is 280 g/mol. The number of carbonyl (C=O) groups excluding carboxylic acids is 1. The number of nitrogens with zero attached hydrogens (tertiary/aromatic N) is 2. The molecule has 0 spiro atoms. The van der Waals surface area contributed by atoms with Gasteiger partial charge < -0.3 is 20.5 Å². The number of aryl methyl sites for hydroxylation is 1. The Morgan fingerprint density at radius 3 is 2.65 bits per heavy atom. The maximum absolute atomic E-state index is 12.2. The summed E-state index contributed by atoms with van der Waals surface area (Å²) in [5.74, 6) is -0.0392. The molecule has 0 atom stereocenters. The molecule has 0 aliphatic heterocycles. The lowest BCUT2D eigenvalue weighted by molar-refractivity contribution is 0.0939.